The minimum absolute atomic E-state index is 0.0449. The third-order valence-electron chi connectivity index (χ3n) is 7.49. The Kier molecular flexibility index (Phi) is 5.36. The van der Waals surface area contributed by atoms with Crippen molar-refractivity contribution >= 4 is 17.3 Å². The number of hydrogen-bond donors (Lipinski definition) is 1. The summed E-state index contributed by atoms with van der Waals surface area (Å²) in [6.07, 6.45) is 1.87. The normalized spacial score (nSPS) is 22.2. The molecule has 3 aromatic rings. The highest BCUT2D eigenvalue weighted by atomic mass is 19.3. The smallest absolute Gasteiger partial charge is 0.408 e. The number of fused-ring (bicyclic) bond motifs is 1. The van der Waals surface area contributed by atoms with Gasteiger partial charge in [0.1, 0.15) is 5.60 Å². The van der Waals surface area contributed by atoms with Gasteiger partial charge in [-0.15, -0.1) is 0 Å². The Bertz CT molecular complexity index is 1400. The van der Waals surface area contributed by atoms with Crippen molar-refractivity contribution in [2.45, 2.75) is 77.0 Å². The zero-order chi connectivity index (χ0) is 26.1. The van der Waals surface area contributed by atoms with Crippen molar-refractivity contribution < 1.29 is 18.3 Å². The van der Waals surface area contributed by atoms with Crippen LogP contribution in [0.3, 0.4) is 0 Å². The summed E-state index contributed by atoms with van der Waals surface area (Å²) in [5, 5.41) is 2.86. The number of imidazole rings is 1. The maximum Gasteiger partial charge on any atom is 0.408 e. The number of aromatic nitrogens is 3. The summed E-state index contributed by atoms with van der Waals surface area (Å²) in [4.78, 5) is 29.9. The molecule has 2 aromatic heterocycles. The Morgan fingerprint density at radius 2 is 1.78 bits per heavy atom. The fourth-order valence-electron chi connectivity index (χ4n) is 4.95. The number of carbonyl (C=O) groups excluding carboxylic acids is 1. The Labute approximate surface area is 208 Å². The van der Waals surface area contributed by atoms with Crippen LogP contribution in [-0.2, 0) is 23.9 Å². The van der Waals surface area contributed by atoms with Gasteiger partial charge in [-0.05, 0) is 57.7 Å². The average molecular weight is 499 g/mol. The van der Waals surface area contributed by atoms with Crippen LogP contribution in [0.15, 0.2) is 41.2 Å². The Hall–Kier alpha value is -3.23. The molecule has 0 radical (unpaired) electrons. The fourth-order valence-corrected chi connectivity index (χ4v) is 4.95. The minimum Gasteiger partial charge on any atom is -0.438 e. The molecule has 1 aromatic carbocycles. The number of benzene rings is 1. The van der Waals surface area contributed by atoms with Crippen molar-refractivity contribution in [1.82, 2.24) is 19.4 Å². The van der Waals surface area contributed by atoms with Crippen molar-refractivity contribution in [3.63, 3.8) is 0 Å². The molecule has 192 valence electrons. The van der Waals surface area contributed by atoms with Gasteiger partial charge in [0, 0.05) is 31.1 Å². The quantitative estimate of drug-likeness (QED) is 0.514. The molecule has 9 heteroatoms. The number of hydrogen-bond acceptors (Lipinski definition) is 4. The molecule has 2 aliphatic rings. The zero-order valence-corrected chi connectivity index (χ0v) is 21.3. The largest absolute Gasteiger partial charge is 0.438 e. The second-order valence-electron chi connectivity index (χ2n) is 11.6. The number of carbonyl (C=O) groups is 1. The van der Waals surface area contributed by atoms with Crippen molar-refractivity contribution in [3.8, 4) is 11.3 Å². The highest BCUT2D eigenvalue weighted by Crippen LogP contribution is 2.61. The van der Waals surface area contributed by atoms with E-state index in [0.29, 0.717) is 16.9 Å². The topological polar surface area (TPSA) is 78.1 Å². The lowest BCUT2D eigenvalue weighted by molar-refractivity contribution is -0.0549. The molecule has 0 saturated heterocycles. The van der Waals surface area contributed by atoms with Gasteiger partial charge in [-0.25, -0.2) is 23.4 Å². The Morgan fingerprint density at radius 1 is 1.14 bits per heavy atom. The summed E-state index contributed by atoms with van der Waals surface area (Å²) < 4.78 is 36.3. The first-order valence-electron chi connectivity index (χ1n) is 12.3. The molecule has 1 N–H and O–H groups in total. The summed E-state index contributed by atoms with van der Waals surface area (Å²) in [5.41, 5.74) is 0.855. The summed E-state index contributed by atoms with van der Waals surface area (Å²) in [7, 11) is 1.61. The van der Waals surface area contributed by atoms with E-state index in [9.17, 15) is 18.4 Å². The molecule has 36 heavy (non-hydrogen) atoms. The molecule has 0 aliphatic heterocycles. The van der Waals surface area contributed by atoms with Crippen LogP contribution in [-0.4, -0.2) is 31.7 Å². The maximum atomic E-state index is 13.8. The Morgan fingerprint density at radius 3 is 2.31 bits per heavy atom. The van der Waals surface area contributed by atoms with Crippen LogP contribution in [0.25, 0.3) is 22.4 Å². The van der Waals surface area contributed by atoms with Crippen LogP contribution in [0.1, 0.15) is 58.9 Å². The van der Waals surface area contributed by atoms with E-state index < -0.39 is 23.0 Å². The summed E-state index contributed by atoms with van der Waals surface area (Å²) in [6, 6.07) is 11.3. The molecule has 0 bridgehead atoms. The number of halogens is 2. The summed E-state index contributed by atoms with van der Waals surface area (Å²) in [5.74, 6) is -2.75. The van der Waals surface area contributed by atoms with Crippen molar-refractivity contribution in [2.75, 3.05) is 0 Å². The SMILES string of the molecule is Cn1c(=O)n(CC2(C)CC2(F)F)c2ccc(-c3ccc(C4(OC(=O)NC(C)(C)C)CCC4)cc3)nc21. The van der Waals surface area contributed by atoms with Gasteiger partial charge >= 0.3 is 11.8 Å². The van der Waals surface area contributed by atoms with Crippen LogP contribution >= 0.6 is 0 Å². The Balaban J connectivity index is 1.41. The molecule has 0 spiro atoms. The molecule has 2 heterocycles. The molecule has 5 rings (SSSR count). The number of amides is 1. The number of rotatable bonds is 5. The van der Waals surface area contributed by atoms with Gasteiger partial charge in [0.05, 0.1) is 16.6 Å². The lowest BCUT2D eigenvalue weighted by Gasteiger charge is -2.42. The molecule has 2 saturated carbocycles. The first kappa shape index (κ1) is 24.5. The van der Waals surface area contributed by atoms with E-state index in [-0.39, 0.29) is 24.2 Å². The van der Waals surface area contributed by atoms with Crippen molar-refractivity contribution in [3.05, 3.63) is 52.4 Å². The van der Waals surface area contributed by atoms with Gasteiger partial charge in [-0.3, -0.25) is 9.13 Å². The van der Waals surface area contributed by atoms with E-state index in [2.05, 4.69) is 10.3 Å². The van der Waals surface area contributed by atoms with E-state index in [4.69, 9.17) is 4.74 Å². The minimum atomic E-state index is -2.75. The summed E-state index contributed by atoms with van der Waals surface area (Å²) in [6.45, 7) is 7.19. The number of nitrogens with zero attached hydrogens (tertiary/aromatic N) is 3. The second kappa shape index (κ2) is 7.88. The lowest BCUT2D eigenvalue weighted by atomic mass is 9.74. The molecule has 1 amide bonds. The molecule has 1 atom stereocenters. The van der Waals surface area contributed by atoms with E-state index in [1.807, 2.05) is 45.0 Å². The first-order chi connectivity index (χ1) is 16.7. The van der Waals surface area contributed by atoms with Crippen LogP contribution in [0.2, 0.25) is 0 Å². The van der Waals surface area contributed by atoms with Gasteiger partial charge in [-0.1, -0.05) is 31.2 Å². The average Bonchev–Trinajstić information content (AvgIpc) is 3.19. The monoisotopic (exact) mass is 498 g/mol. The van der Waals surface area contributed by atoms with Gasteiger partial charge in [0.2, 0.25) is 0 Å². The van der Waals surface area contributed by atoms with E-state index in [0.717, 1.165) is 30.4 Å². The van der Waals surface area contributed by atoms with Crippen LogP contribution in [0.5, 0.6) is 0 Å². The zero-order valence-electron chi connectivity index (χ0n) is 21.3. The first-order valence-corrected chi connectivity index (χ1v) is 12.3. The second-order valence-corrected chi connectivity index (χ2v) is 11.6. The van der Waals surface area contributed by atoms with Crippen LogP contribution in [0.4, 0.5) is 13.6 Å². The lowest BCUT2D eigenvalue weighted by Crippen LogP contribution is -2.47. The number of aryl methyl sites for hydroxylation is 1. The van der Waals surface area contributed by atoms with E-state index >= 15 is 0 Å². The fraction of sp³-hybridized carbons (Fsp3) is 0.519. The van der Waals surface area contributed by atoms with Crippen LogP contribution < -0.4 is 11.0 Å². The highest BCUT2D eigenvalue weighted by Gasteiger charge is 2.68. The van der Waals surface area contributed by atoms with Gasteiger partial charge in [-0.2, -0.15) is 0 Å². The third-order valence-corrected chi connectivity index (χ3v) is 7.49. The van der Waals surface area contributed by atoms with Crippen molar-refractivity contribution in [1.29, 1.82) is 0 Å². The molecular weight excluding hydrogens is 466 g/mol. The predicted octanol–water partition coefficient (Wildman–Crippen LogP) is 5.35. The van der Waals surface area contributed by atoms with E-state index in [1.165, 1.54) is 16.1 Å². The number of alkyl carbamates (subject to hydrolysis) is 1. The van der Waals surface area contributed by atoms with Crippen LogP contribution in [0, 0.1) is 5.41 Å². The maximum absolute atomic E-state index is 13.8. The van der Waals surface area contributed by atoms with Gasteiger partial charge < -0.3 is 10.1 Å². The predicted molar refractivity (Wildman–Crippen MR) is 133 cm³/mol. The highest BCUT2D eigenvalue weighted by molar-refractivity contribution is 5.76. The molecule has 2 fully saturated rings. The molecule has 7 nitrogen and oxygen atoms in total. The van der Waals surface area contributed by atoms with Gasteiger partial charge in [0.25, 0.3) is 5.92 Å². The number of ether oxygens (including phenoxy) is 1. The number of alkyl halides is 2. The molecular formula is C27H32F2N4O3. The molecule has 1 unspecified atom stereocenters. The standard InChI is InChI=1S/C27H32F2N4O3/c1-24(2,3)31-22(34)36-26(13-6-14-26)18-9-7-17(8-10-18)19-11-12-20-21(30-19)32(5)23(35)33(20)16-25(4)15-27(25,28)29/h7-12H,6,13-16H2,1-5H3,(H,31,34). The molecule has 2 aliphatic carbocycles. The van der Waals surface area contributed by atoms with Crippen molar-refractivity contribution in [2.24, 2.45) is 12.5 Å². The van der Waals surface area contributed by atoms with E-state index in [1.54, 1.807) is 19.2 Å². The summed E-state index contributed by atoms with van der Waals surface area (Å²) >= 11 is 0. The third kappa shape index (κ3) is 4.08. The van der Waals surface area contributed by atoms with Gasteiger partial charge in [0.15, 0.2) is 5.65 Å². The number of pyridine rings is 1. The number of nitrogens with one attached hydrogen (secondary N) is 1.